The van der Waals surface area contributed by atoms with Gasteiger partial charge in [0.1, 0.15) is 11.6 Å². The molecular weight excluding hydrogens is 326 g/mol. The molecule has 0 aliphatic rings. The molecule has 0 bridgehead atoms. The molecule has 6 heteroatoms. The molecule has 4 nitrogen and oxygen atoms in total. The molecule has 0 aliphatic heterocycles. The Bertz CT molecular complexity index is 604. The summed E-state index contributed by atoms with van der Waals surface area (Å²) in [6.07, 6.45) is 0.348. The largest absolute Gasteiger partial charge is 0.310 e. The quantitative estimate of drug-likeness (QED) is 0.932. The molecule has 0 spiro atoms. The van der Waals surface area contributed by atoms with Crippen molar-refractivity contribution in [2.45, 2.75) is 27.2 Å². The van der Waals surface area contributed by atoms with E-state index < -0.39 is 0 Å². The van der Waals surface area contributed by atoms with Crippen LogP contribution in [0, 0.1) is 20.8 Å². The molecule has 2 aromatic heterocycles. The highest BCUT2D eigenvalue weighted by Gasteiger charge is 2.11. The second kappa shape index (κ2) is 5.79. The average Bonchev–Trinajstić information content (AvgIpc) is 2.55. The lowest BCUT2D eigenvalue weighted by Gasteiger charge is -2.05. The molecule has 19 heavy (non-hydrogen) atoms. The SMILES string of the molecule is Cc1cc(NC(=O)Cc2sc(C)cc2Br)nc(C)n1. The summed E-state index contributed by atoms with van der Waals surface area (Å²) < 4.78 is 0.986. The molecular formula is C13H14BrN3OS. The van der Waals surface area contributed by atoms with E-state index in [2.05, 4.69) is 31.2 Å². The van der Waals surface area contributed by atoms with E-state index in [1.165, 1.54) is 4.88 Å². The van der Waals surface area contributed by atoms with Crippen LogP contribution in [0.1, 0.15) is 21.3 Å². The van der Waals surface area contributed by atoms with Crippen LogP contribution in [0.25, 0.3) is 0 Å². The summed E-state index contributed by atoms with van der Waals surface area (Å²) >= 11 is 5.08. The minimum absolute atomic E-state index is 0.0694. The van der Waals surface area contributed by atoms with Gasteiger partial charge in [0.05, 0.1) is 6.42 Å². The maximum absolute atomic E-state index is 12.0. The second-order valence-corrected chi connectivity index (χ2v) is 6.49. The molecule has 0 saturated heterocycles. The van der Waals surface area contributed by atoms with Gasteiger partial charge in [-0.3, -0.25) is 4.79 Å². The summed E-state index contributed by atoms with van der Waals surface area (Å²) in [5.74, 6) is 1.14. The third kappa shape index (κ3) is 3.84. The van der Waals surface area contributed by atoms with Gasteiger partial charge in [0.25, 0.3) is 0 Å². The summed E-state index contributed by atoms with van der Waals surface area (Å²) in [6.45, 7) is 5.71. The fourth-order valence-corrected chi connectivity index (χ4v) is 3.57. The summed E-state index contributed by atoms with van der Waals surface area (Å²) in [5, 5.41) is 2.80. The fourth-order valence-electron chi connectivity index (χ4n) is 1.77. The number of aryl methyl sites for hydroxylation is 3. The van der Waals surface area contributed by atoms with Crippen molar-refractivity contribution in [1.29, 1.82) is 0 Å². The summed E-state index contributed by atoms with van der Waals surface area (Å²) in [7, 11) is 0. The van der Waals surface area contributed by atoms with Crippen molar-refractivity contribution in [2.24, 2.45) is 0 Å². The van der Waals surface area contributed by atoms with Crippen molar-refractivity contribution in [2.75, 3.05) is 5.32 Å². The van der Waals surface area contributed by atoms with Crippen molar-refractivity contribution in [1.82, 2.24) is 9.97 Å². The molecule has 1 N–H and O–H groups in total. The van der Waals surface area contributed by atoms with Crippen molar-refractivity contribution < 1.29 is 4.79 Å². The Morgan fingerprint density at radius 3 is 2.63 bits per heavy atom. The first kappa shape index (κ1) is 14.1. The minimum Gasteiger partial charge on any atom is -0.310 e. The number of thiophene rings is 1. The summed E-state index contributed by atoms with van der Waals surface area (Å²) in [5.41, 5.74) is 0.843. The zero-order chi connectivity index (χ0) is 14.0. The number of carbonyl (C=O) groups excluding carboxylic acids is 1. The van der Waals surface area contributed by atoms with Gasteiger partial charge >= 0.3 is 0 Å². The van der Waals surface area contributed by atoms with Gasteiger partial charge in [-0.1, -0.05) is 0 Å². The van der Waals surface area contributed by atoms with Gasteiger partial charge in [0, 0.05) is 26.0 Å². The van der Waals surface area contributed by atoms with E-state index in [0.717, 1.165) is 15.0 Å². The number of carbonyl (C=O) groups is 1. The van der Waals surface area contributed by atoms with Gasteiger partial charge in [-0.15, -0.1) is 11.3 Å². The minimum atomic E-state index is -0.0694. The van der Waals surface area contributed by atoms with Crippen LogP contribution in [0.2, 0.25) is 0 Å². The Morgan fingerprint density at radius 1 is 1.32 bits per heavy atom. The molecule has 0 fully saturated rings. The van der Waals surface area contributed by atoms with Gasteiger partial charge < -0.3 is 5.32 Å². The van der Waals surface area contributed by atoms with E-state index in [4.69, 9.17) is 0 Å². The predicted octanol–water partition coefficient (Wildman–Crippen LogP) is 3.41. The van der Waals surface area contributed by atoms with E-state index in [1.807, 2.05) is 26.8 Å². The van der Waals surface area contributed by atoms with Crippen LogP contribution < -0.4 is 5.32 Å². The Balaban J connectivity index is 2.07. The summed E-state index contributed by atoms with van der Waals surface area (Å²) in [4.78, 5) is 22.6. The van der Waals surface area contributed by atoms with Crippen molar-refractivity contribution in [3.8, 4) is 0 Å². The highest BCUT2D eigenvalue weighted by atomic mass is 79.9. The smallest absolute Gasteiger partial charge is 0.230 e. The van der Waals surface area contributed by atoms with E-state index in [0.29, 0.717) is 18.1 Å². The fraction of sp³-hybridized carbons (Fsp3) is 0.308. The second-order valence-electron chi connectivity index (χ2n) is 4.29. The highest BCUT2D eigenvalue weighted by molar-refractivity contribution is 9.10. The van der Waals surface area contributed by atoms with Crippen molar-refractivity contribution in [3.05, 3.63) is 37.9 Å². The van der Waals surface area contributed by atoms with Crippen LogP contribution >= 0.6 is 27.3 Å². The van der Waals surface area contributed by atoms with E-state index in [9.17, 15) is 4.79 Å². The Kier molecular flexibility index (Phi) is 4.31. The lowest BCUT2D eigenvalue weighted by atomic mass is 10.3. The third-order valence-electron chi connectivity index (χ3n) is 2.44. The molecule has 0 radical (unpaired) electrons. The molecule has 2 aromatic rings. The zero-order valence-electron chi connectivity index (χ0n) is 11.0. The number of anilines is 1. The number of amides is 1. The number of rotatable bonds is 3. The number of halogens is 1. The van der Waals surface area contributed by atoms with Crippen LogP contribution in [-0.4, -0.2) is 15.9 Å². The van der Waals surface area contributed by atoms with Gasteiger partial charge in [-0.25, -0.2) is 9.97 Å². The van der Waals surface area contributed by atoms with Gasteiger partial charge in [-0.05, 0) is 42.8 Å². The molecule has 0 atom stereocenters. The average molecular weight is 340 g/mol. The van der Waals surface area contributed by atoms with Gasteiger partial charge in [0.2, 0.25) is 5.91 Å². The molecule has 1 amide bonds. The van der Waals surface area contributed by atoms with Crippen LogP contribution in [-0.2, 0) is 11.2 Å². The Morgan fingerprint density at radius 2 is 2.05 bits per heavy atom. The van der Waals surface area contributed by atoms with Crippen molar-refractivity contribution >= 4 is 39.0 Å². The lowest BCUT2D eigenvalue weighted by molar-refractivity contribution is -0.115. The first-order valence-electron chi connectivity index (χ1n) is 5.81. The summed E-state index contributed by atoms with van der Waals surface area (Å²) in [6, 6.07) is 3.78. The van der Waals surface area contributed by atoms with Crippen LogP contribution in [0.15, 0.2) is 16.6 Å². The first-order chi connectivity index (χ1) is 8.94. The lowest BCUT2D eigenvalue weighted by Crippen LogP contribution is -2.15. The van der Waals surface area contributed by atoms with Crippen LogP contribution in [0.4, 0.5) is 5.82 Å². The molecule has 100 valence electrons. The monoisotopic (exact) mass is 339 g/mol. The van der Waals surface area contributed by atoms with Crippen molar-refractivity contribution in [3.63, 3.8) is 0 Å². The highest BCUT2D eigenvalue weighted by Crippen LogP contribution is 2.27. The number of aromatic nitrogens is 2. The molecule has 0 aliphatic carbocycles. The standard InChI is InChI=1S/C13H14BrN3OS/c1-7-4-12(16-9(3)15-7)17-13(18)6-11-10(14)5-8(2)19-11/h4-5H,6H2,1-3H3,(H,15,16,17,18). The van der Waals surface area contributed by atoms with Gasteiger partial charge in [-0.2, -0.15) is 0 Å². The normalized spacial score (nSPS) is 10.5. The number of nitrogens with zero attached hydrogens (tertiary/aromatic N) is 2. The maximum atomic E-state index is 12.0. The number of hydrogen-bond acceptors (Lipinski definition) is 4. The zero-order valence-corrected chi connectivity index (χ0v) is 13.4. The molecule has 0 aromatic carbocycles. The third-order valence-corrected chi connectivity index (χ3v) is 4.46. The van der Waals surface area contributed by atoms with E-state index in [-0.39, 0.29) is 5.91 Å². The predicted molar refractivity (Wildman–Crippen MR) is 80.6 cm³/mol. The molecule has 2 rings (SSSR count). The van der Waals surface area contributed by atoms with Gasteiger partial charge in [0.15, 0.2) is 0 Å². The molecule has 2 heterocycles. The van der Waals surface area contributed by atoms with E-state index >= 15 is 0 Å². The first-order valence-corrected chi connectivity index (χ1v) is 7.42. The van der Waals surface area contributed by atoms with Crippen LogP contribution in [0.3, 0.4) is 0 Å². The topological polar surface area (TPSA) is 54.9 Å². The van der Waals surface area contributed by atoms with E-state index in [1.54, 1.807) is 17.4 Å². The molecule has 0 unspecified atom stereocenters. The number of hydrogen-bond donors (Lipinski definition) is 1. The van der Waals surface area contributed by atoms with Crippen LogP contribution in [0.5, 0.6) is 0 Å². The number of nitrogens with one attached hydrogen (secondary N) is 1. The maximum Gasteiger partial charge on any atom is 0.230 e. The Hall–Kier alpha value is -1.27. The Labute approximate surface area is 124 Å². The molecule has 0 saturated carbocycles.